The summed E-state index contributed by atoms with van der Waals surface area (Å²) >= 11 is 0. The molecule has 0 amide bonds. The van der Waals surface area contributed by atoms with E-state index in [0.29, 0.717) is 26.4 Å². The van der Waals surface area contributed by atoms with E-state index >= 15 is 0 Å². The van der Waals surface area contributed by atoms with Crippen molar-refractivity contribution >= 4 is 0 Å². The van der Waals surface area contributed by atoms with Gasteiger partial charge in [-0.15, -0.1) is 0 Å². The van der Waals surface area contributed by atoms with E-state index in [-0.39, 0.29) is 6.10 Å². The molecular weight excluding hydrogens is 428 g/mol. The van der Waals surface area contributed by atoms with E-state index in [2.05, 4.69) is 0 Å². The molecule has 1 N–H and O–H groups in total. The predicted molar refractivity (Wildman–Crippen MR) is 131 cm³/mol. The lowest BCUT2D eigenvalue weighted by atomic mass is 9.93. The molecule has 5 atom stereocenters. The van der Waals surface area contributed by atoms with Crippen molar-refractivity contribution < 1.29 is 24.1 Å². The highest BCUT2D eigenvalue weighted by atomic mass is 16.6. The Kier molecular flexibility index (Phi) is 9.25. The smallest absolute Gasteiger partial charge is 0.115 e. The number of benzene rings is 3. The third-order valence-corrected chi connectivity index (χ3v) is 6.12. The zero-order valence-electron chi connectivity index (χ0n) is 19.7. The fraction of sp³-hybridized carbons (Fsp3) is 0.379. The maximum Gasteiger partial charge on any atom is 0.115 e. The second-order valence-corrected chi connectivity index (χ2v) is 8.63. The van der Waals surface area contributed by atoms with E-state index in [1.54, 1.807) is 0 Å². The van der Waals surface area contributed by atoms with Gasteiger partial charge in [0, 0.05) is 0 Å². The Balaban J connectivity index is 1.44. The molecule has 0 radical (unpaired) electrons. The minimum Gasteiger partial charge on any atom is -0.387 e. The van der Waals surface area contributed by atoms with Gasteiger partial charge in [-0.25, -0.2) is 0 Å². The maximum atomic E-state index is 11.4. The first kappa shape index (κ1) is 24.6. The van der Waals surface area contributed by atoms with Crippen molar-refractivity contribution in [2.24, 2.45) is 0 Å². The fourth-order valence-corrected chi connectivity index (χ4v) is 4.28. The number of aliphatic hydroxyl groups excluding tert-OH is 1. The van der Waals surface area contributed by atoms with Gasteiger partial charge in [0.15, 0.2) is 0 Å². The minimum atomic E-state index is -0.837. The largest absolute Gasteiger partial charge is 0.387 e. The van der Waals surface area contributed by atoms with E-state index in [9.17, 15) is 5.11 Å². The van der Waals surface area contributed by atoms with Gasteiger partial charge in [-0.1, -0.05) is 97.9 Å². The molecule has 0 bridgehead atoms. The number of hydrogen-bond acceptors (Lipinski definition) is 5. The van der Waals surface area contributed by atoms with Gasteiger partial charge in [0.2, 0.25) is 0 Å². The molecule has 0 spiro atoms. The van der Waals surface area contributed by atoms with Crippen molar-refractivity contribution in [1.82, 2.24) is 0 Å². The molecule has 0 aromatic heterocycles. The molecule has 0 aliphatic carbocycles. The summed E-state index contributed by atoms with van der Waals surface area (Å²) in [6.07, 6.45) is -1.83. The van der Waals surface area contributed by atoms with Crippen LogP contribution >= 0.6 is 0 Å². The lowest BCUT2D eigenvalue weighted by Crippen LogP contribution is -2.60. The zero-order valence-corrected chi connectivity index (χ0v) is 19.7. The average Bonchev–Trinajstić information content (AvgIpc) is 2.89. The van der Waals surface area contributed by atoms with E-state index in [1.165, 1.54) is 0 Å². The SMILES string of the molecule is CC[C@H]1O[C@H](COCc2ccccc2)[C@@H](OCc2ccccc2)[C@H](O)[C@H]1OCc1ccccc1. The first-order valence-electron chi connectivity index (χ1n) is 12.0. The zero-order chi connectivity index (χ0) is 23.6. The summed E-state index contributed by atoms with van der Waals surface area (Å²) in [5.74, 6) is 0. The lowest BCUT2D eigenvalue weighted by molar-refractivity contribution is -0.260. The molecule has 0 saturated carbocycles. The molecule has 3 aromatic rings. The summed E-state index contributed by atoms with van der Waals surface area (Å²) in [5.41, 5.74) is 3.19. The van der Waals surface area contributed by atoms with E-state index in [1.807, 2.05) is 97.9 Å². The Hall–Kier alpha value is -2.54. The number of hydrogen-bond donors (Lipinski definition) is 1. The first-order valence-corrected chi connectivity index (χ1v) is 12.0. The molecule has 3 aromatic carbocycles. The molecule has 5 heteroatoms. The van der Waals surface area contributed by atoms with Crippen molar-refractivity contribution in [3.05, 3.63) is 108 Å². The Morgan fingerprint density at radius 3 is 1.56 bits per heavy atom. The monoisotopic (exact) mass is 462 g/mol. The molecule has 4 rings (SSSR count). The van der Waals surface area contributed by atoms with Crippen molar-refractivity contribution in [2.75, 3.05) is 6.61 Å². The highest BCUT2D eigenvalue weighted by Crippen LogP contribution is 2.29. The van der Waals surface area contributed by atoms with Crippen molar-refractivity contribution in [3.8, 4) is 0 Å². The quantitative estimate of drug-likeness (QED) is 0.439. The van der Waals surface area contributed by atoms with Crippen molar-refractivity contribution in [3.63, 3.8) is 0 Å². The van der Waals surface area contributed by atoms with Crippen LogP contribution in [-0.2, 0) is 38.8 Å². The standard InChI is InChI=1S/C29H34O5/c1-2-25-28(32-19-23-14-8-4-9-15-23)27(30)29(33-20-24-16-10-5-11-17-24)26(34-25)21-31-18-22-12-6-3-7-13-22/h3-17,25-30H,2,18-21H2,1H3/t25-,26-,27-,28+,29-/m1/s1. The van der Waals surface area contributed by atoms with E-state index in [4.69, 9.17) is 18.9 Å². The Labute approximate surface area is 202 Å². The fourth-order valence-electron chi connectivity index (χ4n) is 4.28. The van der Waals surface area contributed by atoms with Gasteiger partial charge < -0.3 is 24.1 Å². The molecule has 34 heavy (non-hydrogen) atoms. The second-order valence-electron chi connectivity index (χ2n) is 8.63. The summed E-state index contributed by atoms with van der Waals surface area (Å²) in [6.45, 7) is 3.63. The molecule has 1 heterocycles. The van der Waals surface area contributed by atoms with Crippen LogP contribution in [0.4, 0.5) is 0 Å². The average molecular weight is 463 g/mol. The van der Waals surface area contributed by atoms with Crippen LogP contribution in [0, 0.1) is 0 Å². The normalized spacial score (nSPS) is 24.7. The van der Waals surface area contributed by atoms with Gasteiger partial charge >= 0.3 is 0 Å². The van der Waals surface area contributed by atoms with Gasteiger partial charge in [0.05, 0.1) is 32.5 Å². The first-order chi connectivity index (χ1) is 16.7. The lowest BCUT2D eigenvalue weighted by Gasteiger charge is -2.44. The van der Waals surface area contributed by atoms with Crippen LogP contribution in [0.5, 0.6) is 0 Å². The molecule has 1 aliphatic rings. The number of aliphatic hydroxyl groups is 1. The molecule has 1 aliphatic heterocycles. The molecule has 5 nitrogen and oxygen atoms in total. The molecular formula is C29H34O5. The molecule has 1 saturated heterocycles. The van der Waals surface area contributed by atoms with Gasteiger partial charge in [-0.3, -0.25) is 0 Å². The third-order valence-electron chi connectivity index (χ3n) is 6.12. The summed E-state index contributed by atoms with van der Waals surface area (Å²) in [5, 5.41) is 11.4. The second kappa shape index (κ2) is 12.8. The minimum absolute atomic E-state index is 0.249. The summed E-state index contributed by atoms with van der Waals surface area (Å²) < 4.78 is 24.8. The van der Waals surface area contributed by atoms with E-state index < -0.39 is 24.4 Å². The summed E-state index contributed by atoms with van der Waals surface area (Å²) in [4.78, 5) is 0. The molecule has 180 valence electrons. The van der Waals surface area contributed by atoms with Crippen LogP contribution in [0.25, 0.3) is 0 Å². The van der Waals surface area contributed by atoms with Crippen LogP contribution in [-0.4, -0.2) is 42.2 Å². The number of rotatable bonds is 11. The van der Waals surface area contributed by atoms with Gasteiger partial charge in [0.1, 0.15) is 24.4 Å². The van der Waals surface area contributed by atoms with Gasteiger partial charge in [-0.05, 0) is 23.1 Å². The predicted octanol–water partition coefficient (Wildman–Crippen LogP) is 4.91. The van der Waals surface area contributed by atoms with E-state index in [0.717, 1.165) is 23.1 Å². The van der Waals surface area contributed by atoms with Crippen LogP contribution in [0.15, 0.2) is 91.0 Å². The third kappa shape index (κ3) is 6.75. The van der Waals surface area contributed by atoms with Crippen molar-refractivity contribution in [2.45, 2.75) is 63.7 Å². The topological polar surface area (TPSA) is 57.2 Å². The molecule has 0 unspecified atom stereocenters. The van der Waals surface area contributed by atoms with Crippen LogP contribution in [0.1, 0.15) is 30.0 Å². The van der Waals surface area contributed by atoms with Crippen molar-refractivity contribution in [1.29, 1.82) is 0 Å². The Morgan fingerprint density at radius 2 is 1.09 bits per heavy atom. The Bertz CT molecular complexity index is 948. The Morgan fingerprint density at radius 1 is 0.647 bits per heavy atom. The van der Waals surface area contributed by atoms with Gasteiger partial charge in [-0.2, -0.15) is 0 Å². The highest BCUT2D eigenvalue weighted by molar-refractivity contribution is 5.15. The van der Waals surface area contributed by atoms with Gasteiger partial charge in [0.25, 0.3) is 0 Å². The molecule has 1 fully saturated rings. The van der Waals surface area contributed by atoms with Crippen LogP contribution in [0.3, 0.4) is 0 Å². The highest BCUT2D eigenvalue weighted by Gasteiger charge is 2.46. The van der Waals surface area contributed by atoms with Crippen LogP contribution < -0.4 is 0 Å². The maximum absolute atomic E-state index is 11.4. The summed E-state index contributed by atoms with van der Waals surface area (Å²) in [6, 6.07) is 29.9. The number of ether oxygens (including phenoxy) is 4. The van der Waals surface area contributed by atoms with Crippen LogP contribution in [0.2, 0.25) is 0 Å². The summed E-state index contributed by atoms with van der Waals surface area (Å²) in [7, 11) is 0.